The Kier molecular flexibility index (Phi) is 3.31. The lowest BCUT2D eigenvalue weighted by atomic mass is 10.1. The van der Waals surface area contributed by atoms with Crippen LogP contribution in [0, 0.1) is 5.92 Å². The lowest BCUT2D eigenvalue weighted by Crippen LogP contribution is -2.06. The fraction of sp³-hybridized carbons (Fsp3) is 0.667. The van der Waals surface area contributed by atoms with Crippen LogP contribution in [0.5, 0.6) is 0 Å². The molecule has 1 aromatic rings. The highest BCUT2D eigenvalue weighted by Gasteiger charge is 2.24. The number of nitrogens with zero attached hydrogens (tertiary/aromatic N) is 2. The van der Waals surface area contributed by atoms with Gasteiger partial charge in [-0.3, -0.25) is 0 Å². The topological polar surface area (TPSA) is 51.8 Å². The van der Waals surface area contributed by atoms with Gasteiger partial charge in [-0.25, -0.2) is 9.97 Å². The highest BCUT2D eigenvalue weighted by Crippen LogP contribution is 2.35. The second kappa shape index (κ2) is 4.71. The minimum Gasteiger partial charge on any atom is -0.330 e. The summed E-state index contributed by atoms with van der Waals surface area (Å²) >= 11 is 0. The van der Waals surface area contributed by atoms with Crippen molar-refractivity contribution < 1.29 is 0 Å². The van der Waals surface area contributed by atoms with Crippen molar-refractivity contribution in [3.8, 4) is 0 Å². The Morgan fingerprint density at radius 2 is 2.07 bits per heavy atom. The molecule has 1 aromatic heterocycles. The van der Waals surface area contributed by atoms with Gasteiger partial charge in [0.25, 0.3) is 0 Å². The molecule has 2 N–H and O–H groups in total. The largest absolute Gasteiger partial charge is 0.330 e. The average molecular weight is 205 g/mol. The van der Waals surface area contributed by atoms with E-state index in [2.05, 4.69) is 16.9 Å². The fourth-order valence-electron chi connectivity index (χ4n) is 2.31. The molecule has 2 atom stereocenters. The second-order valence-corrected chi connectivity index (χ2v) is 4.60. The van der Waals surface area contributed by atoms with Crippen molar-refractivity contribution in [1.82, 2.24) is 9.97 Å². The lowest BCUT2D eigenvalue weighted by molar-refractivity contribution is 0.584. The smallest absolute Gasteiger partial charge is 0.131 e. The molecule has 0 aromatic carbocycles. The van der Waals surface area contributed by atoms with Gasteiger partial charge in [0.15, 0.2) is 0 Å². The fourth-order valence-corrected chi connectivity index (χ4v) is 2.31. The standard InChI is InChI=1S/C12H19N3/c1-9-2-3-11(6-9)12-14-7-10(4-5-13)8-15-12/h7-9,11H,2-6,13H2,1H3. The van der Waals surface area contributed by atoms with Crippen LogP contribution in [-0.2, 0) is 6.42 Å². The van der Waals surface area contributed by atoms with E-state index < -0.39 is 0 Å². The zero-order valence-electron chi connectivity index (χ0n) is 9.32. The maximum absolute atomic E-state index is 5.48. The van der Waals surface area contributed by atoms with Gasteiger partial charge in [0.05, 0.1) is 0 Å². The number of aromatic nitrogens is 2. The Hall–Kier alpha value is -0.960. The van der Waals surface area contributed by atoms with E-state index in [-0.39, 0.29) is 0 Å². The molecule has 1 fully saturated rings. The first-order valence-corrected chi connectivity index (χ1v) is 5.80. The third-order valence-corrected chi connectivity index (χ3v) is 3.22. The first-order chi connectivity index (χ1) is 7.29. The maximum Gasteiger partial charge on any atom is 0.131 e. The van der Waals surface area contributed by atoms with Crippen molar-refractivity contribution in [2.45, 2.75) is 38.5 Å². The van der Waals surface area contributed by atoms with Crippen LogP contribution in [0.4, 0.5) is 0 Å². The summed E-state index contributed by atoms with van der Waals surface area (Å²) in [6, 6.07) is 0. The molecule has 2 unspecified atom stereocenters. The summed E-state index contributed by atoms with van der Waals surface area (Å²) in [6.07, 6.45) is 8.55. The third kappa shape index (κ3) is 2.53. The van der Waals surface area contributed by atoms with Gasteiger partial charge < -0.3 is 5.73 Å². The predicted molar refractivity (Wildman–Crippen MR) is 60.5 cm³/mol. The molecule has 0 aliphatic heterocycles. The van der Waals surface area contributed by atoms with Crippen molar-refractivity contribution in [2.24, 2.45) is 11.7 Å². The van der Waals surface area contributed by atoms with E-state index in [4.69, 9.17) is 5.73 Å². The van der Waals surface area contributed by atoms with E-state index in [0.717, 1.165) is 23.7 Å². The molecule has 82 valence electrons. The van der Waals surface area contributed by atoms with E-state index in [1.807, 2.05) is 12.4 Å². The number of hydrogen-bond donors (Lipinski definition) is 1. The molecule has 3 nitrogen and oxygen atoms in total. The SMILES string of the molecule is CC1CCC(c2ncc(CCN)cn2)C1. The second-order valence-electron chi connectivity index (χ2n) is 4.60. The normalized spacial score (nSPS) is 25.7. The average Bonchev–Trinajstić information content (AvgIpc) is 2.67. The van der Waals surface area contributed by atoms with Crippen LogP contribution in [0.3, 0.4) is 0 Å². The van der Waals surface area contributed by atoms with Crippen LogP contribution >= 0.6 is 0 Å². The molecule has 0 saturated heterocycles. The third-order valence-electron chi connectivity index (χ3n) is 3.22. The zero-order valence-corrected chi connectivity index (χ0v) is 9.32. The molecule has 1 heterocycles. The van der Waals surface area contributed by atoms with Gasteiger partial charge >= 0.3 is 0 Å². The number of rotatable bonds is 3. The summed E-state index contributed by atoms with van der Waals surface area (Å²) in [5.41, 5.74) is 6.63. The maximum atomic E-state index is 5.48. The highest BCUT2D eigenvalue weighted by atomic mass is 14.9. The summed E-state index contributed by atoms with van der Waals surface area (Å²) in [6.45, 7) is 2.98. The van der Waals surface area contributed by atoms with Crippen LogP contribution in [0.25, 0.3) is 0 Å². The molecule has 15 heavy (non-hydrogen) atoms. The molecule has 2 rings (SSSR count). The Morgan fingerprint density at radius 3 is 2.60 bits per heavy atom. The van der Waals surface area contributed by atoms with Crippen molar-refractivity contribution in [3.05, 3.63) is 23.8 Å². The van der Waals surface area contributed by atoms with E-state index in [1.165, 1.54) is 19.3 Å². The molecule has 3 heteroatoms. The Labute approximate surface area is 91.1 Å². The van der Waals surface area contributed by atoms with Crippen LogP contribution in [-0.4, -0.2) is 16.5 Å². The first-order valence-electron chi connectivity index (χ1n) is 5.80. The van der Waals surface area contributed by atoms with Gasteiger partial charge in [-0.05, 0) is 43.7 Å². The molecule has 0 bridgehead atoms. The lowest BCUT2D eigenvalue weighted by Gasteiger charge is -2.08. The first kappa shape index (κ1) is 10.6. The van der Waals surface area contributed by atoms with E-state index in [0.29, 0.717) is 12.5 Å². The quantitative estimate of drug-likeness (QED) is 0.819. The molecule has 1 aliphatic rings. The summed E-state index contributed by atoms with van der Waals surface area (Å²) in [5, 5.41) is 0. The van der Waals surface area contributed by atoms with Crippen molar-refractivity contribution in [1.29, 1.82) is 0 Å². The Bertz CT molecular complexity index is 307. The minimum atomic E-state index is 0.590. The van der Waals surface area contributed by atoms with E-state index >= 15 is 0 Å². The van der Waals surface area contributed by atoms with Crippen LogP contribution < -0.4 is 5.73 Å². The molecular weight excluding hydrogens is 186 g/mol. The van der Waals surface area contributed by atoms with Crippen LogP contribution in [0.1, 0.15) is 43.5 Å². The molecule has 0 spiro atoms. The summed E-state index contributed by atoms with van der Waals surface area (Å²) in [4.78, 5) is 8.89. The van der Waals surface area contributed by atoms with Crippen LogP contribution in [0.15, 0.2) is 12.4 Å². The Morgan fingerprint density at radius 1 is 1.33 bits per heavy atom. The van der Waals surface area contributed by atoms with Gasteiger partial charge in [0.2, 0.25) is 0 Å². The van der Waals surface area contributed by atoms with Gasteiger partial charge in [-0.15, -0.1) is 0 Å². The van der Waals surface area contributed by atoms with Gasteiger partial charge in [-0.2, -0.15) is 0 Å². The summed E-state index contributed by atoms with van der Waals surface area (Å²) in [7, 11) is 0. The molecule has 0 amide bonds. The summed E-state index contributed by atoms with van der Waals surface area (Å²) < 4.78 is 0. The van der Waals surface area contributed by atoms with Gasteiger partial charge in [-0.1, -0.05) is 6.92 Å². The monoisotopic (exact) mass is 205 g/mol. The van der Waals surface area contributed by atoms with Crippen LogP contribution in [0.2, 0.25) is 0 Å². The summed E-state index contributed by atoms with van der Waals surface area (Å²) in [5.74, 6) is 2.45. The van der Waals surface area contributed by atoms with Crippen molar-refractivity contribution in [2.75, 3.05) is 6.54 Å². The Balaban J connectivity index is 2.03. The highest BCUT2D eigenvalue weighted by molar-refractivity contribution is 5.08. The number of nitrogens with two attached hydrogens (primary N) is 1. The molecule has 1 aliphatic carbocycles. The van der Waals surface area contributed by atoms with Crippen molar-refractivity contribution >= 4 is 0 Å². The zero-order chi connectivity index (χ0) is 10.7. The van der Waals surface area contributed by atoms with Crippen molar-refractivity contribution in [3.63, 3.8) is 0 Å². The molecule has 1 saturated carbocycles. The molecule has 0 radical (unpaired) electrons. The van der Waals surface area contributed by atoms with Gasteiger partial charge in [0.1, 0.15) is 5.82 Å². The van der Waals surface area contributed by atoms with Gasteiger partial charge in [0, 0.05) is 18.3 Å². The minimum absolute atomic E-state index is 0.590. The van der Waals surface area contributed by atoms with E-state index in [1.54, 1.807) is 0 Å². The number of hydrogen-bond acceptors (Lipinski definition) is 3. The predicted octanol–water partition coefficient (Wildman–Crippen LogP) is 1.88. The van der Waals surface area contributed by atoms with E-state index in [9.17, 15) is 0 Å². The molecular formula is C12H19N3.